The monoisotopic (exact) mass is 322 g/mol. The molecule has 6 nitrogen and oxygen atoms in total. The summed E-state index contributed by atoms with van der Waals surface area (Å²) in [5.41, 5.74) is 1.00. The van der Waals surface area contributed by atoms with Crippen molar-refractivity contribution in [2.45, 2.75) is 33.2 Å². The first-order valence-corrected chi connectivity index (χ1v) is 7.93. The number of aliphatic imine (C=N–C) groups is 1. The van der Waals surface area contributed by atoms with Gasteiger partial charge in [0.15, 0.2) is 17.5 Å². The van der Waals surface area contributed by atoms with Gasteiger partial charge in [-0.15, -0.1) is 0 Å². The molecule has 0 aromatic heterocycles. The van der Waals surface area contributed by atoms with Crippen molar-refractivity contribution in [3.63, 3.8) is 0 Å². The smallest absolute Gasteiger partial charge is 0.195 e. The number of hydrogen-bond donors (Lipinski definition) is 3. The SMILES string of the molecule is CCOc1ccc(NC(=NC)NCCNC(C)(C)C)cc1OC. The fourth-order valence-electron chi connectivity index (χ4n) is 1.95. The van der Waals surface area contributed by atoms with E-state index in [2.05, 4.69) is 41.7 Å². The number of methoxy groups -OCH3 is 1. The zero-order valence-electron chi connectivity index (χ0n) is 15.1. The summed E-state index contributed by atoms with van der Waals surface area (Å²) in [6.07, 6.45) is 0. The van der Waals surface area contributed by atoms with Crippen LogP contribution < -0.4 is 25.4 Å². The highest BCUT2D eigenvalue weighted by atomic mass is 16.5. The van der Waals surface area contributed by atoms with Gasteiger partial charge in [-0.3, -0.25) is 4.99 Å². The maximum Gasteiger partial charge on any atom is 0.195 e. The van der Waals surface area contributed by atoms with E-state index in [1.807, 2.05) is 25.1 Å². The van der Waals surface area contributed by atoms with Gasteiger partial charge in [0.05, 0.1) is 13.7 Å². The number of nitrogens with one attached hydrogen (secondary N) is 3. The first kappa shape index (κ1) is 19.1. The summed E-state index contributed by atoms with van der Waals surface area (Å²) >= 11 is 0. The largest absolute Gasteiger partial charge is 0.493 e. The number of guanidine groups is 1. The molecule has 0 aliphatic heterocycles. The lowest BCUT2D eigenvalue weighted by atomic mass is 10.1. The van der Waals surface area contributed by atoms with Gasteiger partial charge in [-0.05, 0) is 39.8 Å². The standard InChI is InChI=1S/C17H30N4O2/c1-7-23-14-9-8-13(12-15(14)22-6)21-16(18-5)19-10-11-20-17(2,3)4/h8-9,12,20H,7,10-11H2,1-6H3,(H2,18,19,21). The molecule has 0 saturated carbocycles. The minimum Gasteiger partial charge on any atom is -0.493 e. The molecular weight excluding hydrogens is 292 g/mol. The van der Waals surface area contributed by atoms with Crippen LogP contribution in [-0.2, 0) is 0 Å². The summed E-state index contributed by atoms with van der Waals surface area (Å²) in [5.74, 6) is 2.14. The molecule has 130 valence electrons. The van der Waals surface area contributed by atoms with Crippen LogP contribution in [0.15, 0.2) is 23.2 Å². The third kappa shape index (κ3) is 7.23. The molecule has 1 aromatic carbocycles. The van der Waals surface area contributed by atoms with Crippen LogP contribution in [0.3, 0.4) is 0 Å². The van der Waals surface area contributed by atoms with Crippen molar-refractivity contribution in [3.8, 4) is 11.5 Å². The van der Waals surface area contributed by atoms with E-state index < -0.39 is 0 Å². The Hall–Kier alpha value is -1.95. The zero-order chi connectivity index (χ0) is 17.3. The van der Waals surface area contributed by atoms with Crippen LogP contribution in [0, 0.1) is 0 Å². The minimum absolute atomic E-state index is 0.112. The van der Waals surface area contributed by atoms with Crippen molar-refractivity contribution in [1.82, 2.24) is 10.6 Å². The molecule has 0 amide bonds. The molecule has 23 heavy (non-hydrogen) atoms. The maximum atomic E-state index is 5.52. The van der Waals surface area contributed by atoms with Gasteiger partial charge in [-0.2, -0.15) is 0 Å². The summed E-state index contributed by atoms with van der Waals surface area (Å²) in [7, 11) is 3.38. The molecule has 0 fully saturated rings. The van der Waals surface area contributed by atoms with Crippen LogP contribution in [0.2, 0.25) is 0 Å². The Balaban J connectivity index is 2.58. The predicted molar refractivity (Wildman–Crippen MR) is 96.9 cm³/mol. The van der Waals surface area contributed by atoms with Gasteiger partial charge in [0.25, 0.3) is 0 Å². The Bertz CT molecular complexity index is 510. The fourth-order valence-corrected chi connectivity index (χ4v) is 1.95. The Kier molecular flexibility index (Phi) is 7.68. The minimum atomic E-state index is 0.112. The van der Waals surface area contributed by atoms with Gasteiger partial charge in [-0.25, -0.2) is 0 Å². The zero-order valence-corrected chi connectivity index (χ0v) is 15.1. The van der Waals surface area contributed by atoms with Crippen LogP contribution in [0.25, 0.3) is 0 Å². The van der Waals surface area contributed by atoms with Crippen LogP contribution in [0.4, 0.5) is 5.69 Å². The van der Waals surface area contributed by atoms with Crippen molar-refractivity contribution in [3.05, 3.63) is 18.2 Å². The number of nitrogens with zero attached hydrogens (tertiary/aromatic N) is 1. The molecule has 0 atom stereocenters. The van der Waals surface area contributed by atoms with E-state index in [4.69, 9.17) is 9.47 Å². The van der Waals surface area contributed by atoms with Crippen LogP contribution in [-0.4, -0.2) is 45.4 Å². The highest BCUT2D eigenvalue weighted by molar-refractivity contribution is 5.93. The highest BCUT2D eigenvalue weighted by Gasteiger charge is 2.09. The Labute approximate surface area is 139 Å². The molecule has 3 N–H and O–H groups in total. The molecule has 1 rings (SSSR count). The Morgan fingerprint density at radius 3 is 2.48 bits per heavy atom. The van der Waals surface area contributed by atoms with E-state index in [1.54, 1.807) is 14.2 Å². The Morgan fingerprint density at radius 1 is 1.17 bits per heavy atom. The number of anilines is 1. The lowest BCUT2D eigenvalue weighted by molar-refractivity contribution is 0.311. The van der Waals surface area contributed by atoms with Crippen molar-refractivity contribution >= 4 is 11.6 Å². The fraction of sp³-hybridized carbons (Fsp3) is 0.588. The maximum absolute atomic E-state index is 5.52. The van der Waals surface area contributed by atoms with Crippen molar-refractivity contribution in [2.24, 2.45) is 4.99 Å². The normalized spacial score (nSPS) is 12.0. The van der Waals surface area contributed by atoms with E-state index in [9.17, 15) is 0 Å². The molecular formula is C17H30N4O2. The first-order chi connectivity index (χ1) is 10.9. The average molecular weight is 322 g/mol. The molecule has 0 aliphatic rings. The van der Waals surface area contributed by atoms with Gasteiger partial charge in [0.2, 0.25) is 0 Å². The predicted octanol–water partition coefficient (Wildman–Crippen LogP) is 2.47. The van der Waals surface area contributed by atoms with Gasteiger partial charge >= 0.3 is 0 Å². The second-order valence-corrected chi connectivity index (χ2v) is 6.10. The van der Waals surface area contributed by atoms with E-state index in [0.29, 0.717) is 18.3 Å². The van der Waals surface area contributed by atoms with E-state index in [1.165, 1.54) is 0 Å². The van der Waals surface area contributed by atoms with Crippen molar-refractivity contribution in [1.29, 1.82) is 0 Å². The molecule has 0 bridgehead atoms. The van der Waals surface area contributed by atoms with Gasteiger partial charge < -0.3 is 25.4 Å². The summed E-state index contributed by atoms with van der Waals surface area (Å²) in [6, 6.07) is 5.72. The second-order valence-electron chi connectivity index (χ2n) is 6.10. The number of rotatable bonds is 7. The molecule has 0 spiro atoms. The molecule has 0 heterocycles. The third-order valence-electron chi connectivity index (χ3n) is 3.02. The second kappa shape index (κ2) is 9.25. The topological polar surface area (TPSA) is 66.9 Å². The van der Waals surface area contributed by atoms with E-state index in [-0.39, 0.29) is 5.54 Å². The Morgan fingerprint density at radius 2 is 1.91 bits per heavy atom. The summed E-state index contributed by atoms with van der Waals surface area (Å²) in [6.45, 7) is 10.6. The van der Waals surface area contributed by atoms with Gasteiger partial charge in [0.1, 0.15) is 0 Å². The number of benzene rings is 1. The lowest BCUT2D eigenvalue weighted by Crippen LogP contribution is -2.42. The molecule has 6 heteroatoms. The van der Waals surface area contributed by atoms with Gasteiger partial charge in [-0.1, -0.05) is 0 Å². The highest BCUT2D eigenvalue weighted by Crippen LogP contribution is 2.30. The van der Waals surface area contributed by atoms with E-state index >= 15 is 0 Å². The van der Waals surface area contributed by atoms with Crippen molar-refractivity contribution < 1.29 is 9.47 Å². The van der Waals surface area contributed by atoms with Crippen LogP contribution in [0.5, 0.6) is 11.5 Å². The summed E-state index contributed by atoms with van der Waals surface area (Å²) < 4.78 is 10.9. The molecule has 1 aromatic rings. The van der Waals surface area contributed by atoms with Crippen LogP contribution in [0.1, 0.15) is 27.7 Å². The quantitative estimate of drug-likeness (QED) is 0.409. The van der Waals surface area contributed by atoms with Gasteiger partial charge in [0, 0.05) is 37.4 Å². The van der Waals surface area contributed by atoms with Crippen molar-refractivity contribution in [2.75, 3.05) is 39.2 Å². The average Bonchev–Trinajstić information content (AvgIpc) is 2.50. The number of ether oxygens (including phenoxy) is 2. The molecule has 0 saturated heterocycles. The van der Waals surface area contributed by atoms with Crippen LogP contribution >= 0.6 is 0 Å². The number of hydrogen-bond acceptors (Lipinski definition) is 4. The molecule has 0 aliphatic carbocycles. The summed E-state index contributed by atoms with van der Waals surface area (Å²) in [5, 5.41) is 9.94. The first-order valence-electron chi connectivity index (χ1n) is 7.93. The van der Waals surface area contributed by atoms with E-state index in [0.717, 1.165) is 24.5 Å². The molecule has 0 unspecified atom stereocenters. The lowest BCUT2D eigenvalue weighted by Gasteiger charge is -2.21. The summed E-state index contributed by atoms with van der Waals surface area (Å²) in [4.78, 5) is 4.23. The third-order valence-corrected chi connectivity index (χ3v) is 3.02. The molecule has 0 radical (unpaired) electrons.